The molecule has 2 atom stereocenters. The molecule has 4 nitrogen and oxygen atoms in total. The van der Waals surface area contributed by atoms with E-state index < -0.39 is 53.5 Å². The number of alkyl halides is 6. The summed E-state index contributed by atoms with van der Waals surface area (Å²) in [6.45, 7) is 2.78. The van der Waals surface area contributed by atoms with Gasteiger partial charge in [0.25, 0.3) is 6.10 Å². The zero-order valence-electron chi connectivity index (χ0n) is 11.6. The largest absolute Gasteiger partial charge is 0.481 e. The average Bonchev–Trinajstić information content (AvgIpc) is 2.84. The van der Waals surface area contributed by atoms with E-state index in [4.69, 9.17) is 5.11 Å². The Balaban J connectivity index is 2.89. The summed E-state index contributed by atoms with van der Waals surface area (Å²) in [6.07, 6.45) is -16.0. The van der Waals surface area contributed by atoms with E-state index in [1.54, 1.807) is 0 Å². The highest BCUT2D eigenvalue weighted by atomic mass is 19.4. The number of carbonyl (C=O) groups is 2. The van der Waals surface area contributed by atoms with Crippen LogP contribution >= 0.6 is 0 Å². The topological polar surface area (TPSA) is 63.6 Å². The van der Waals surface area contributed by atoms with Crippen molar-refractivity contribution in [2.45, 2.75) is 32.3 Å². The first kappa shape index (κ1) is 19.2. The maximum atomic E-state index is 13.5. The van der Waals surface area contributed by atoms with E-state index >= 15 is 0 Å². The van der Waals surface area contributed by atoms with Gasteiger partial charge in [0.15, 0.2) is 0 Å². The summed E-state index contributed by atoms with van der Waals surface area (Å²) in [5.41, 5.74) is -0.989. The molecule has 1 aliphatic carbocycles. The maximum Gasteiger partial charge on any atom is 0.434 e. The van der Waals surface area contributed by atoms with Crippen LogP contribution in [-0.4, -0.2) is 35.5 Å². The number of halogens is 7. The first-order valence-electron chi connectivity index (χ1n) is 6.04. The Morgan fingerprint density at radius 1 is 1.13 bits per heavy atom. The van der Waals surface area contributed by atoms with Crippen LogP contribution in [0.2, 0.25) is 0 Å². The molecule has 1 aliphatic rings. The SMILES string of the molecule is CC1(C)C(/C=C(\F)C(=O)OC(C(F)(F)F)C(F)(F)F)C1C(=O)O. The summed E-state index contributed by atoms with van der Waals surface area (Å²) in [6, 6.07) is 0. The lowest BCUT2D eigenvalue weighted by molar-refractivity contribution is -0.312. The Bertz CT molecular complexity index is 519. The highest BCUT2D eigenvalue weighted by Gasteiger charge is 2.62. The predicted molar refractivity (Wildman–Crippen MR) is 59.6 cm³/mol. The lowest BCUT2D eigenvalue weighted by Gasteiger charge is -2.22. The highest BCUT2D eigenvalue weighted by molar-refractivity contribution is 5.87. The van der Waals surface area contributed by atoms with Gasteiger partial charge in [-0.2, -0.15) is 30.7 Å². The molecule has 0 bridgehead atoms. The highest BCUT2D eigenvalue weighted by Crippen LogP contribution is 2.59. The number of ether oxygens (including phenoxy) is 1. The molecule has 132 valence electrons. The Kier molecular flexibility index (Phi) is 4.75. The van der Waals surface area contributed by atoms with E-state index in [-0.39, 0.29) is 0 Å². The first-order chi connectivity index (χ1) is 10.1. The van der Waals surface area contributed by atoms with Gasteiger partial charge in [-0.3, -0.25) is 4.79 Å². The summed E-state index contributed by atoms with van der Waals surface area (Å²) >= 11 is 0. The number of esters is 1. The first-order valence-corrected chi connectivity index (χ1v) is 6.04. The summed E-state index contributed by atoms with van der Waals surface area (Å²) < 4.78 is 89.7. The van der Waals surface area contributed by atoms with Crippen molar-refractivity contribution in [1.29, 1.82) is 0 Å². The standard InChI is InChI=1S/C12H11F7O4/c1-10(2)4(6(10)7(20)21)3-5(13)8(22)23-9(11(14,15)16)12(17,18)19/h3-4,6,9H,1-2H3,(H,20,21)/b5-3-. The number of rotatable bonds is 4. The summed E-state index contributed by atoms with van der Waals surface area (Å²) in [7, 11) is 0. The Morgan fingerprint density at radius 2 is 1.57 bits per heavy atom. The third-order valence-electron chi connectivity index (χ3n) is 3.52. The molecule has 0 amide bonds. The Hall–Kier alpha value is -1.81. The van der Waals surface area contributed by atoms with Crippen molar-refractivity contribution in [3.8, 4) is 0 Å². The van der Waals surface area contributed by atoms with Crippen molar-refractivity contribution in [2.75, 3.05) is 0 Å². The van der Waals surface area contributed by atoms with Crippen LogP contribution in [0.15, 0.2) is 11.9 Å². The van der Waals surface area contributed by atoms with Crippen LogP contribution in [0, 0.1) is 17.3 Å². The van der Waals surface area contributed by atoms with Gasteiger partial charge in [-0.05, 0) is 17.4 Å². The molecule has 0 aromatic rings. The van der Waals surface area contributed by atoms with Crippen molar-refractivity contribution in [3.63, 3.8) is 0 Å². The lowest BCUT2D eigenvalue weighted by atomic mass is 10.1. The smallest absolute Gasteiger partial charge is 0.434 e. The number of hydrogen-bond acceptors (Lipinski definition) is 3. The van der Waals surface area contributed by atoms with Crippen LogP contribution in [0.1, 0.15) is 13.8 Å². The minimum Gasteiger partial charge on any atom is -0.481 e. The van der Waals surface area contributed by atoms with E-state index in [9.17, 15) is 40.3 Å². The van der Waals surface area contributed by atoms with Crippen LogP contribution in [-0.2, 0) is 14.3 Å². The van der Waals surface area contributed by atoms with Gasteiger partial charge >= 0.3 is 24.3 Å². The molecule has 0 radical (unpaired) electrons. The van der Waals surface area contributed by atoms with Gasteiger partial charge < -0.3 is 9.84 Å². The molecule has 23 heavy (non-hydrogen) atoms. The number of allylic oxidation sites excluding steroid dienone is 1. The normalized spacial score (nSPS) is 24.5. The van der Waals surface area contributed by atoms with E-state index in [0.29, 0.717) is 6.08 Å². The zero-order valence-corrected chi connectivity index (χ0v) is 11.6. The second-order valence-corrected chi connectivity index (χ2v) is 5.55. The van der Waals surface area contributed by atoms with Crippen molar-refractivity contribution < 1.29 is 50.2 Å². The molecule has 1 rings (SSSR count). The lowest BCUT2D eigenvalue weighted by Crippen LogP contribution is -2.45. The van der Waals surface area contributed by atoms with E-state index in [2.05, 4.69) is 4.74 Å². The fraction of sp³-hybridized carbons (Fsp3) is 0.667. The van der Waals surface area contributed by atoms with Crippen LogP contribution < -0.4 is 0 Å². The second kappa shape index (κ2) is 5.68. The van der Waals surface area contributed by atoms with Crippen LogP contribution in [0.25, 0.3) is 0 Å². The van der Waals surface area contributed by atoms with Crippen molar-refractivity contribution in [3.05, 3.63) is 11.9 Å². The van der Waals surface area contributed by atoms with Gasteiger partial charge in [-0.15, -0.1) is 0 Å². The summed E-state index contributed by atoms with van der Waals surface area (Å²) in [5, 5.41) is 8.80. The van der Waals surface area contributed by atoms with Crippen LogP contribution in [0.4, 0.5) is 30.7 Å². The number of carboxylic acid groups (broad SMARTS) is 1. The molecule has 0 spiro atoms. The molecule has 0 saturated heterocycles. The van der Waals surface area contributed by atoms with E-state index in [1.807, 2.05) is 0 Å². The van der Waals surface area contributed by atoms with Crippen molar-refractivity contribution >= 4 is 11.9 Å². The summed E-state index contributed by atoms with van der Waals surface area (Å²) in [5.74, 6) is -7.97. The molecule has 1 N–H and O–H groups in total. The molecule has 1 fully saturated rings. The molecular formula is C12H11F7O4. The quantitative estimate of drug-likeness (QED) is 0.479. The molecule has 11 heteroatoms. The van der Waals surface area contributed by atoms with Crippen molar-refractivity contribution in [2.24, 2.45) is 17.3 Å². The maximum absolute atomic E-state index is 13.5. The molecule has 0 aromatic heterocycles. The molecule has 2 unspecified atom stereocenters. The minimum atomic E-state index is -5.96. The van der Waals surface area contributed by atoms with E-state index in [0.717, 1.165) is 0 Å². The fourth-order valence-corrected chi connectivity index (χ4v) is 2.17. The molecule has 0 heterocycles. The monoisotopic (exact) mass is 352 g/mol. The number of carbonyl (C=O) groups excluding carboxylic acids is 1. The Labute approximate surface area is 124 Å². The van der Waals surface area contributed by atoms with Gasteiger partial charge in [0.05, 0.1) is 5.92 Å². The average molecular weight is 352 g/mol. The van der Waals surface area contributed by atoms with E-state index in [1.165, 1.54) is 13.8 Å². The number of carboxylic acids is 1. The number of aliphatic carboxylic acids is 1. The van der Waals surface area contributed by atoms with Crippen LogP contribution in [0.5, 0.6) is 0 Å². The third kappa shape index (κ3) is 4.14. The third-order valence-corrected chi connectivity index (χ3v) is 3.52. The molecule has 0 aliphatic heterocycles. The molecular weight excluding hydrogens is 341 g/mol. The van der Waals surface area contributed by atoms with Gasteiger partial charge in [-0.1, -0.05) is 13.8 Å². The zero-order chi connectivity index (χ0) is 18.4. The van der Waals surface area contributed by atoms with Crippen LogP contribution in [0.3, 0.4) is 0 Å². The minimum absolute atomic E-state index is 0.366. The summed E-state index contributed by atoms with van der Waals surface area (Å²) in [4.78, 5) is 21.9. The second-order valence-electron chi connectivity index (χ2n) is 5.55. The molecule has 0 aromatic carbocycles. The van der Waals surface area contributed by atoms with Gasteiger partial charge in [-0.25, -0.2) is 4.79 Å². The molecule has 1 saturated carbocycles. The van der Waals surface area contributed by atoms with Gasteiger partial charge in [0.1, 0.15) is 0 Å². The predicted octanol–water partition coefficient (Wildman–Crippen LogP) is 3.23. The van der Waals surface area contributed by atoms with Crippen molar-refractivity contribution in [1.82, 2.24) is 0 Å². The fourth-order valence-electron chi connectivity index (χ4n) is 2.17. The number of hydrogen-bond donors (Lipinski definition) is 1. The van der Waals surface area contributed by atoms with Gasteiger partial charge in [0, 0.05) is 0 Å². The van der Waals surface area contributed by atoms with Gasteiger partial charge in [0.2, 0.25) is 5.83 Å². The Morgan fingerprint density at radius 3 is 1.87 bits per heavy atom.